The number of aromatic nitrogens is 4. The first-order valence-corrected chi connectivity index (χ1v) is 10.5. The Morgan fingerprint density at radius 3 is 2.45 bits per heavy atom. The maximum absolute atomic E-state index is 13.0. The number of rotatable bonds is 3. The molecule has 2 saturated heterocycles. The number of piperidine rings is 2. The van der Waals surface area contributed by atoms with Crippen LogP contribution >= 0.6 is 0 Å². The molecule has 2 aliphatic heterocycles. The first-order valence-electron chi connectivity index (χ1n) is 10.5. The first kappa shape index (κ1) is 19.5. The van der Waals surface area contributed by atoms with Crippen LogP contribution in [0.2, 0.25) is 0 Å². The van der Waals surface area contributed by atoms with E-state index in [9.17, 15) is 9.59 Å². The summed E-state index contributed by atoms with van der Waals surface area (Å²) in [5, 5.41) is 4.12. The van der Waals surface area contributed by atoms with E-state index in [1.807, 2.05) is 16.7 Å². The van der Waals surface area contributed by atoms with E-state index in [4.69, 9.17) is 0 Å². The fraction of sp³-hybridized carbons (Fsp3) is 0.571. The molecule has 0 saturated carbocycles. The molecule has 0 unspecified atom stereocenters. The Bertz CT molecular complexity index is 902. The molecular formula is C21H28N6O2. The van der Waals surface area contributed by atoms with Crippen LogP contribution in [0.1, 0.15) is 76.8 Å². The second kappa shape index (κ2) is 8.31. The molecule has 2 aliphatic rings. The molecule has 0 N–H and O–H groups in total. The second-order valence-electron chi connectivity index (χ2n) is 7.99. The van der Waals surface area contributed by atoms with Crippen LogP contribution in [-0.2, 0) is 7.05 Å². The summed E-state index contributed by atoms with van der Waals surface area (Å²) in [5.74, 6) is 0.591. The zero-order chi connectivity index (χ0) is 20.4. The first-order chi connectivity index (χ1) is 14.0. The lowest BCUT2D eigenvalue weighted by Gasteiger charge is -2.34. The molecule has 154 valence electrons. The van der Waals surface area contributed by atoms with Gasteiger partial charge in [-0.25, -0.2) is 9.97 Å². The van der Waals surface area contributed by atoms with Crippen molar-refractivity contribution < 1.29 is 9.59 Å². The summed E-state index contributed by atoms with van der Waals surface area (Å²) in [7, 11) is 1.80. The molecular weight excluding hydrogens is 368 g/mol. The molecule has 2 aromatic heterocycles. The fourth-order valence-corrected chi connectivity index (χ4v) is 4.26. The minimum absolute atomic E-state index is 0.0145. The predicted octanol–water partition coefficient (Wildman–Crippen LogP) is 2.51. The second-order valence-corrected chi connectivity index (χ2v) is 7.99. The van der Waals surface area contributed by atoms with Crippen LogP contribution in [0.5, 0.6) is 0 Å². The Morgan fingerprint density at radius 2 is 1.76 bits per heavy atom. The number of hydrogen-bond donors (Lipinski definition) is 0. The minimum atomic E-state index is -0.172. The normalized spacial score (nSPS) is 20.0. The van der Waals surface area contributed by atoms with Crippen molar-refractivity contribution in [2.24, 2.45) is 7.05 Å². The van der Waals surface area contributed by atoms with E-state index in [-0.39, 0.29) is 17.9 Å². The van der Waals surface area contributed by atoms with Gasteiger partial charge in [-0.3, -0.25) is 14.3 Å². The zero-order valence-electron chi connectivity index (χ0n) is 17.2. The highest BCUT2D eigenvalue weighted by Crippen LogP contribution is 2.30. The van der Waals surface area contributed by atoms with Crippen LogP contribution in [0.3, 0.4) is 0 Å². The maximum Gasteiger partial charge on any atom is 0.257 e. The monoisotopic (exact) mass is 396 g/mol. The van der Waals surface area contributed by atoms with E-state index >= 15 is 0 Å². The SMILES string of the molecule is Cc1nc([C@H]2CCCCN2C(=O)c2cnn(C)c2)ncc1C(=O)N1CCCCC1. The number of carbonyl (C=O) groups excluding carboxylic acids is 2. The fourth-order valence-electron chi connectivity index (χ4n) is 4.26. The molecule has 8 nitrogen and oxygen atoms in total. The molecule has 2 aromatic rings. The highest BCUT2D eigenvalue weighted by Gasteiger charge is 2.32. The van der Waals surface area contributed by atoms with Gasteiger partial charge in [0.1, 0.15) is 0 Å². The van der Waals surface area contributed by atoms with Crippen LogP contribution in [0.4, 0.5) is 0 Å². The van der Waals surface area contributed by atoms with Gasteiger partial charge in [-0.2, -0.15) is 5.10 Å². The van der Waals surface area contributed by atoms with Crippen LogP contribution < -0.4 is 0 Å². The van der Waals surface area contributed by atoms with Crippen molar-refractivity contribution in [1.82, 2.24) is 29.5 Å². The van der Waals surface area contributed by atoms with Crippen LogP contribution in [0.25, 0.3) is 0 Å². The molecule has 8 heteroatoms. The molecule has 0 bridgehead atoms. The summed E-state index contributed by atoms with van der Waals surface area (Å²) < 4.78 is 1.63. The molecule has 0 spiro atoms. The summed E-state index contributed by atoms with van der Waals surface area (Å²) in [5.41, 5.74) is 1.83. The van der Waals surface area contributed by atoms with Crippen molar-refractivity contribution in [3.63, 3.8) is 0 Å². The van der Waals surface area contributed by atoms with Gasteiger partial charge in [0.25, 0.3) is 11.8 Å². The van der Waals surface area contributed by atoms with E-state index in [0.717, 1.165) is 45.2 Å². The molecule has 0 radical (unpaired) electrons. The molecule has 0 aliphatic carbocycles. The van der Waals surface area contributed by atoms with Gasteiger partial charge in [-0.1, -0.05) is 0 Å². The highest BCUT2D eigenvalue weighted by molar-refractivity contribution is 5.95. The van der Waals surface area contributed by atoms with Gasteiger partial charge >= 0.3 is 0 Å². The quantitative estimate of drug-likeness (QED) is 0.796. The summed E-state index contributed by atoms with van der Waals surface area (Å²) in [6.07, 6.45) is 11.1. The van der Waals surface area contributed by atoms with E-state index in [2.05, 4.69) is 15.1 Å². The minimum Gasteiger partial charge on any atom is -0.339 e. The highest BCUT2D eigenvalue weighted by atomic mass is 16.2. The zero-order valence-corrected chi connectivity index (χ0v) is 17.2. The van der Waals surface area contributed by atoms with Crippen LogP contribution in [-0.4, -0.2) is 61.0 Å². The topological polar surface area (TPSA) is 84.2 Å². The molecule has 4 rings (SSSR count). The maximum atomic E-state index is 13.0. The standard InChI is InChI=1S/C21H28N6O2/c1-15-17(21(29)26-9-5-3-6-10-26)13-22-19(24-15)18-8-4-7-11-27(18)20(28)16-12-23-25(2)14-16/h12-14,18H,3-11H2,1-2H3/t18-/m1/s1. The molecule has 1 atom stereocenters. The summed E-state index contributed by atoms with van der Waals surface area (Å²) in [6.45, 7) is 4.14. The lowest BCUT2D eigenvalue weighted by Crippen LogP contribution is -2.39. The lowest BCUT2D eigenvalue weighted by molar-refractivity contribution is 0.0597. The van der Waals surface area contributed by atoms with Gasteiger partial charge in [0.2, 0.25) is 0 Å². The molecule has 2 fully saturated rings. The van der Waals surface area contributed by atoms with Crippen molar-refractivity contribution in [3.8, 4) is 0 Å². The van der Waals surface area contributed by atoms with Crippen LogP contribution in [0.15, 0.2) is 18.6 Å². The number of likely N-dealkylation sites (tertiary alicyclic amines) is 2. The van der Waals surface area contributed by atoms with Gasteiger partial charge in [-0.15, -0.1) is 0 Å². The Balaban J connectivity index is 1.56. The Morgan fingerprint density at radius 1 is 1.00 bits per heavy atom. The van der Waals surface area contributed by atoms with Gasteiger partial charge in [0.05, 0.1) is 29.1 Å². The Kier molecular flexibility index (Phi) is 5.60. The number of hydrogen-bond acceptors (Lipinski definition) is 5. The largest absolute Gasteiger partial charge is 0.339 e. The smallest absolute Gasteiger partial charge is 0.257 e. The average molecular weight is 396 g/mol. The number of amides is 2. The van der Waals surface area contributed by atoms with Gasteiger partial charge in [-0.05, 0) is 45.4 Å². The van der Waals surface area contributed by atoms with E-state index in [1.165, 1.54) is 6.42 Å². The van der Waals surface area contributed by atoms with Gasteiger partial charge in [0, 0.05) is 39.1 Å². The van der Waals surface area contributed by atoms with Crippen molar-refractivity contribution in [2.45, 2.75) is 51.5 Å². The number of nitrogens with zero attached hydrogens (tertiary/aromatic N) is 6. The summed E-state index contributed by atoms with van der Waals surface area (Å²) in [6, 6.07) is -0.172. The van der Waals surface area contributed by atoms with Gasteiger partial charge in [0.15, 0.2) is 5.82 Å². The summed E-state index contributed by atoms with van der Waals surface area (Å²) >= 11 is 0. The van der Waals surface area contributed by atoms with Crippen molar-refractivity contribution >= 4 is 11.8 Å². The molecule has 0 aromatic carbocycles. The lowest BCUT2D eigenvalue weighted by atomic mass is 10.00. The molecule has 4 heterocycles. The third kappa shape index (κ3) is 4.02. The average Bonchev–Trinajstić information content (AvgIpc) is 3.19. The predicted molar refractivity (Wildman–Crippen MR) is 107 cm³/mol. The van der Waals surface area contributed by atoms with Crippen molar-refractivity contribution in [3.05, 3.63) is 41.2 Å². The molecule has 2 amide bonds. The van der Waals surface area contributed by atoms with Crippen molar-refractivity contribution in [1.29, 1.82) is 0 Å². The number of aryl methyl sites for hydroxylation is 2. The number of carbonyl (C=O) groups is 2. The van der Waals surface area contributed by atoms with Crippen LogP contribution in [0, 0.1) is 6.92 Å². The van der Waals surface area contributed by atoms with E-state index in [0.29, 0.717) is 29.2 Å². The van der Waals surface area contributed by atoms with E-state index < -0.39 is 0 Å². The van der Waals surface area contributed by atoms with Crippen molar-refractivity contribution in [2.75, 3.05) is 19.6 Å². The third-order valence-electron chi connectivity index (χ3n) is 5.89. The van der Waals surface area contributed by atoms with Gasteiger partial charge < -0.3 is 9.80 Å². The summed E-state index contributed by atoms with van der Waals surface area (Å²) in [4.78, 5) is 38.8. The Labute approximate surface area is 170 Å². The Hall–Kier alpha value is -2.77. The third-order valence-corrected chi connectivity index (χ3v) is 5.89. The van der Waals surface area contributed by atoms with E-state index in [1.54, 1.807) is 30.3 Å². The molecule has 29 heavy (non-hydrogen) atoms.